The van der Waals surface area contributed by atoms with Gasteiger partial charge in [-0.05, 0) is 46.1 Å². The monoisotopic (exact) mass is 336 g/mol. The van der Waals surface area contributed by atoms with Gasteiger partial charge in [0.15, 0.2) is 5.71 Å². The number of ether oxygens (including phenoxy) is 1. The van der Waals surface area contributed by atoms with Crippen molar-refractivity contribution in [2.75, 3.05) is 6.61 Å². The maximum Gasteiger partial charge on any atom is 0.495 e. The highest BCUT2D eigenvalue weighted by Gasteiger charge is 2.52. The number of nitrogens with zero attached hydrogens (tertiary/aromatic N) is 1. The molecule has 1 heterocycles. The van der Waals surface area contributed by atoms with E-state index in [1.54, 1.807) is 13.0 Å². The molecule has 0 spiro atoms. The molecule has 0 unspecified atom stereocenters. The molecule has 130 valence electrons. The fourth-order valence-corrected chi connectivity index (χ4v) is 2.38. The fraction of sp³-hybridized carbons (Fsp3) is 0.500. The van der Waals surface area contributed by atoms with E-state index >= 15 is 0 Å². The van der Waals surface area contributed by atoms with Gasteiger partial charge in [0.05, 0.1) is 17.8 Å². The SMILES string of the molecule is CCOC(=O)/C(=N\N)c1c(F)cccc1B1OC(C)(C)C(C)(C)O1. The molecule has 1 aromatic carbocycles. The van der Waals surface area contributed by atoms with E-state index in [0.29, 0.717) is 5.46 Å². The van der Waals surface area contributed by atoms with E-state index in [1.165, 1.54) is 12.1 Å². The van der Waals surface area contributed by atoms with E-state index < -0.39 is 30.1 Å². The summed E-state index contributed by atoms with van der Waals surface area (Å²) in [5.41, 5.74) is -1.25. The van der Waals surface area contributed by atoms with Crippen molar-refractivity contribution in [3.05, 3.63) is 29.6 Å². The van der Waals surface area contributed by atoms with Gasteiger partial charge in [-0.15, -0.1) is 0 Å². The summed E-state index contributed by atoms with van der Waals surface area (Å²) >= 11 is 0. The quantitative estimate of drug-likeness (QED) is 0.295. The molecule has 8 heteroatoms. The van der Waals surface area contributed by atoms with Gasteiger partial charge >= 0.3 is 13.1 Å². The summed E-state index contributed by atoms with van der Waals surface area (Å²) < 4.78 is 31.3. The number of hydrazone groups is 1. The predicted octanol–water partition coefficient (Wildman–Crippen LogP) is 1.35. The van der Waals surface area contributed by atoms with Crippen LogP contribution in [0, 0.1) is 5.82 Å². The van der Waals surface area contributed by atoms with E-state index in [9.17, 15) is 9.18 Å². The van der Waals surface area contributed by atoms with Crippen molar-refractivity contribution in [1.82, 2.24) is 0 Å². The molecule has 1 fully saturated rings. The number of carbonyl (C=O) groups excluding carboxylic acids is 1. The topological polar surface area (TPSA) is 83.1 Å². The Labute approximate surface area is 141 Å². The second-order valence-corrected chi connectivity index (χ2v) is 6.49. The van der Waals surface area contributed by atoms with Crippen LogP contribution in [0.25, 0.3) is 0 Å². The lowest BCUT2D eigenvalue weighted by atomic mass is 9.74. The zero-order valence-corrected chi connectivity index (χ0v) is 14.6. The highest BCUT2D eigenvalue weighted by molar-refractivity contribution is 6.65. The second-order valence-electron chi connectivity index (χ2n) is 6.49. The van der Waals surface area contributed by atoms with E-state index in [-0.39, 0.29) is 17.9 Å². The van der Waals surface area contributed by atoms with E-state index in [4.69, 9.17) is 19.9 Å². The van der Waals surface area contributed by atoms with Crippen LogP contribution in [0.1, 0.15) is 40.2 Å². The number of rotatable bonds is 4. The van der Waals surface area contributed by atoms with Crippen LogP contribution in [-0.2, 0) is 18.8 Å². The molecule has 1 aliphatic rings. The van der Waals surface area contributed by atoms with Crippen LogP contribution in [0.4, 0.5) is 4.39 Å². The van der Waals surface area contributed by atoms with Crippen molar-refractivity contribution in [2.45, 2.75) is 45.8 Å². The third-order valence-corrected chi connectivity index (χ3v) is 4.39. The molecule has 24 heavy (non-hydrogen) atoms. The molecule has 0 aliphatic carbocycles. The second kappa shape index (κ2) is 6.53. The van der Waals surface area contributed by atoms with Crippen molar-refractivity contribution in [2.24, 2.45) is 10.9 Å². The standard InChI is InChI=1S/C16H22BFN2O4/c1-6-22-14(21)13(20-19)12-10(8-7-9-11(12)18)17-23-15(2,3)16(4,5)24-17/h7-9H,6,19H2,1-5H3/b20-13-. The van der Waals surface area contributed by atoms with Crippen molar-refractivity contribution in [3.8, 4) is 0 Å². The van der Waals surface area contributed by atoms with Crippen LogP contribution in [0.5, 0.6) is 0 Å². The molecule has 0 saturated carbocycles. The highest BCUT2D eigenvalue weighted by Crippen LogP contribution is 2.36. The lowest BCUT2D eigenvalue weighted by Gasteiger charge is -2.32. The Hall–Kier alpha value is -1.93. The first kappa shape index (κ1) is 18.4. The van der Waals surface area contributed by atoms with Crippen LogP contribution in [0.2, 0.25) is 0 Å². The Kier molecular flexibility index (Phi) is 5.01. The summed E-state index contributed by atoms with van der Waals surface area (Å²) in [6, 6.07) is 4.35. The summed E-state index contributed by atoms with van der Waals surface area (Å²) in [6.07, 6.45) is 0. The molecule has 1 aromatic rings. The fourth-order valence-electron chi connectivity index (χ4n) is 2.38. The molecule has 1 aliphatic heterocycles. The largest absolute Gasteiger partial charge is 0.495 e. The molecule has 6 nitrogen and oxygen atoms in total. The normalized spacial score (nSPS) is 19.4. The minimum Gasteiger partial charge on any atom is -0.461 e. The Bertz CT molecular complexity index is 660. The Balaban J connectivity index is 2.51. The van der Waals surface area contributed by atoms with E-state index in [2.05, 4.69) is 5.10 Å². The van der Waals surface area contributed by atoms with E-state index in [1.807, 2.05) is 27.7 Å². The van der Waals surface area contributed by atoms with Crippen molar-refractivity contribution < 1.29 is 23.2 Å². The molecular formula is C16H22BFN2O4. The third-order valence-electron chi connectivity index (χ3n) is 4.39. The number of halogens is 1. The maximum atomic E-state index is 14.5. The Morgan fingerprint density at radius 3 is 2.38 bits per heavy atom. The number of esters is 1. The molecule has 2 rings (SSSR count). The molecule has 0 atom stereocenters. The Morgan fingerprint density at radius 1 is 1.29 bits per heavy atom. The van der Waals surface area contributed by atoms with Gasteiger partial charge in [0, 0.05) is 5.56 Å². The van der Waals surface area contributed by atoms with E-state index in [0.717, 1.165) is 0 Å². The number of nitrogens with two attached hydrogens (primary N) is 1. The first-order valence-electron chi connectivity index (χ1n) is 7.74. The first-order valence-corrected chi connectivity index (χ1v) is 7.74. The van der Waals surface area contributed by atoms with Crippen LogP contribution in [0.3, 0.4) is 0 Å². The van der Waals surface area contributed by atoms with Gasteiger partial charge in [-0.2, -0.15) is 5.10 Å². The number of benzene rings is 1. The zero-order chi connectivity index (χ0) is 18.1. The molecule has 0 aromatic heterocycles. The van der Waals surface area contributed by atoms with Crippen LogP contribution in [-0.4, -0.2) is 36.6 Å². The van der Waals surface area contributed by atoms with Crippen LogP contribution < -0.4 is 11.3 Å². The van der Waals surface area contributed by atoms with Crippen molar-refractivity contribution in [3.63, 3.8) is 0 Å². The molecular weight excluding hydrogens is 314 g/mol. The lowest BCUT2D eigenvalue weighted by Crippen LogP contribution is -2.41. The summed E-state index contributed by atoms with van der Waals surface area (Å²) in [4.78, 5) is 12.1. The Morgan fingerprint density at radius 2 is 1.88 bits per heavy atom. The van der Waals surface area contributed by atoms with Crippen molar-refractivity contribution in [1.29, 1.82) is 0 Å². The first-order chi connectivity index (χ1) is 11.1. The summed E-state index contributed by atoms with van der Waals surface area (Å²) in [7, 11) is -0.855. The van der Waals surface area contributed by atoms with Crippen molar-refractivity contribution >= 4 is 24.3 Å². The number of hydrogen-bond acceptors (Lipinski definition) is 6. The summed E-state index contributed by atoms with van der Waals surface area (Å²) in [6.45, 7) is 9.30. The maximum absolute atomic E-state index is 14.5. The minimum atomic E-state index is -0.855. The molecule has 0 amide bonds. The number of hydrogen-bond donors (Lipinski definition) is 1. The third kappa shape index (κ3) is 3.16. The van der Waals surface area contributed by atoms with Gasteiger partial charge in [-0.1, -0.05) is 12.1 Å². The highest BCUT2D eigenvalue weighted by atomic mass is 19.1. The molecule has 0 bridgehead atoms. The number of carbonyl (C=O) groups is 1. The summed E-state index contributed by atoms with van der Waals surface area (Å²) in [5.74, 6) is 3.86. The molecule has 0 radical (unpaired) electrons. The van der Waals surface area contributed by atoms with Gasteiger partial charge in [0.2, 0.25) is 0 Å². The van der Waals surface area contributed by atoms with Gasteiger partial charge < -0.3 is 19.9 Å². The van der Waals surface area contributed by atoms with Crippen LogP contribution >= 0.6 is 0 Å². The summed E-state index contributed by atoms with van der Waals surface area (Å²) in [5, 5.41) is 3.43. The van der Waals surface area contributed by atoms with Crippen LogP contribution in [0.15, 0.2) is 23.3 Å². The molecule has 1 saturated heterocycles. The van der Waals surface area contributed by atoms with Gasteiger partial charge in [-0.3, -0.25) is 0 Å². The smallest absolute Gasteiger partial charge is 0.461 e. The zero-order valence-electron chi connectivity index (χ0n) is 14.6. The minimum absolute atomic E-state index is 0.0723. The van der Waals surface area contributed by atoms with Gasteiger partial charge in [0.25, 0.3) is 0 Å². The lowest BCUT2D eigenvalue weighted by molar-refractivity contribution is -0.134. The van der Waals surface area contributed by atoms with Gasteiger partial charge in [-0.25, -0.2) is 9.18 Å². The van der Waals surface area contributed by atoms with Gasteiger partial charge in [0.1, 0.15) is 5.82 Å². The average Bonchev–Trinajstić information content (AvgIpc) is 2.70. The predicted molar refractivity (Wildman–Crippen MR) is 89.5 cm³/mol. The molecule has 2 N–H and O–H groups in total. The average molecular weight is 336 g/mol.